The Hall–Kier alpha value is -1.98. The highest BCUT2D eigenvalue weighted by Gasteiger charge is 2.21. The molecule has 1 rings (SSSR count). The lowest BCUT2D eigenvalue weighted by atomic mass is 10.0. The molecule has 1 unspecified atom stereocenters. The second-order valence-corrected chi connectivity index (χ2v) is 4.10. The summed E-state index contributed by atoms with van der Waals surface area (Å²) in [6.45, 7) is 3.78. The number of anilines is 1. The van der Waals surface area contributed by atoms with Crippen LogP contribution in [0.3, 0.4) is 0 Å². The van der Waals surface area contributed by atoms with E-state index in [2.05, 4.69) is 10.6 Å². The normalized spacial score (nSPS) is 12.2. The predicted octanol–water partition coefficient (Wildman–Crippen LogP) is 1.90. The van der Waals surface area contributed by atoms with Gasteiger partial charge in [-0.1, -0.05) is 13.8 Å². The molecular weight excluding hydrogens is 224 g/mol. The lowest BCUT2D eigenvalue weighted by Gasteiger charge is -2.16. The largest absolute Gasteiger partial charge is 0.480 e. The Labute approximate surface area is 99.0 Å². The van der Waals surface area contributed by atoms with Gasteiger partial charge >= 0.3 is 12.0 Å². The Morgan fingerprint density at radius 1 is 1.47 bits per heavy atom. The first-order valence-electron chi connectivity index (χ1n) is 5.33. The van der Waals surface area contributed by atoms with Crippen molar-refractivity contribution in [2.75, 3.05) is 5.32 Å². The van der Waals surface area contributed by atoms with Crippen LogP contribution in [0.2, 0.25) is 0 Å². The molecule has 0 aliphatic carbocycles. The SMILES string of the molecule is CC(C)CC(NC(=O)Nc1ccco1)C(=O)O. The van der Waals surface area contributed by atoms with Crippen LogP contribution in [-0.2, 0) is 4.79 Å². The predicted molar refractivity (Wildman–Crippen MR) is 61.7 cm³/mol. The van der Waals surface area contributed by atoms with E-state index in [0.29, 0.717) is 6.42 Å². The number of nitrogens with one attached hydrogen (secondary N) is 2. The van der Waals surface area contributed by atoms with Crippen molar-refractivity contribution in [1.82, 2.24) is 5.32 Å². The fourth-order valence-corrected chi connectivity index (χ4v) is 1.35. The van der Waals surface area contributed by atoms with Gasteiger partial charge in [0.05, 0.1) is 6.26 Å². The summed E-state index contributed by atoms with van der Waals surface area (Å²) in [6, 6.07) is 1.70. The zero-order valence-corrected chi connectivity index (χ0v) is 9.77. The van der Waals surface area contributed by atoms with Crippen molar-refractivity contribution in [2.45, 2.75) is 26.3 Å². The highest BCUT2D eigenvalue weighted by molar-refractivity contribution is 5.91. The minimum Gasteiger partial charge on any atom is -0.480 e. The van der Waals surface area contributed by atoms with Gasteiger partial charge in [-0.15, -0.1) is 0 Å². The van der Waals surface area contributed by atoms with Crippen LogP contribution in [0.4, 0.5) is 10.7 Å². The van der Waals surface area contributed by atoms with Crippen LogP contribution in [-0.4, -0.2) is 23.1 Å². The summed E-state index contributed by atoms with van der Waals surface area (Å²) < 4.78 is 4.91. The summed E-state index contributed by atoms with van der Waals surface area (Å²) >= 11 is 0. The molecule has 94 valence electrons. The number of aliphatic carboxylic acids is 1. The van der Waals surface area contributed by atoms with Crippen LogP contribution in [0.5, 0.6) is 0 Å². The van der Waals surface area contributed by atoms with Crippen molar-refractivity contribution >= 4 is 17.9 Å². The molecule has 2 amide bonds. The van der Waals surface area contributed by atoms with E-state index in [1.54, 1.807) is 12.1 Å². The number of carbonyl (C=O) groups excluding carboxylic acids is 1. The number of rotatable bonds is 5. The van der Waals surface area contributed by atoms with Gasteiger partial charge in [0.25, 0.3) is 0 Å². The first-order valence-corrected chi connectivity index (χ1v) is 5.33. The van der Waals surface area contributed by atoms with Crippen molar-refractivity contribution in [1.29, 1.82) is 0 Å². The van der Waals surface area contributed by atoms with E-state index in [9.17, 15) is 9.59 Å². The molecule has 17 heavy (non-hydrogen) atoms. The first-order chi connectivity index (χ1) is 7.99. The molecular formula is C11H16N2O4. The van der Waals surface area contributed by atoms with E-state index in [-0.39, 0.29) is 11.8 Å². The van der Waals surface area contributed by atoms with Crippen molar-refractivity contribution in [3.8, 4) is 0 Å². The summed E-state index contributed by atoms with van der Waals surface area (Å²) in [5.74, 6) is -0.593. The average molecular weight is 240 g/mol. The standard InChI is InChI=1S/C11H16N2O4/c1-7(2)6-8(10(14)15)12-11(16)13-9-4-3-5-17-9/h3-5,7-8H,6H2,1-2H3,(H,14,15)(H2,12,13,16). The Morgan fingerprint density at radius 2 is 2.18 bits per heavy atom. The van der Waals surface area contributed by atoms with E-state index < -0.39 is 18.0 Å². The maximum Gasteiger partial charge on any atom is 0.326 e. The van der Waals surface area contributed by atoms with Crippen molar-refractivity contribution in [3.05, 3.63) is 18.4 Å². The molecule has 1 aromatic heterocycles. The zero-order valence-electron chi connectivity index (χ0n) is 9.77. The van der Waals surface area contributed by atoms with Crippen molar-refractivity contribution in [3.63, 3.8) is 0 Å². The Kier molecular flexibility index (Phi) is 4.56. The van der Waals surface area contributed by atoms with Gasteiger partial charge in [0.2, 0.25) is 5.88 Å². The third-order valence-electron chi connectivity index (χ3n) is 2.07. The smallest absolute Gasteiger partial charge is 0.326 e. The van der Waals surface area contributed by atoms with Crippen molar-refractivity contribution < 1.29 is 19.1 Å². The van der Waals surface area contributed by atoms with Gasteiger partial charge in [-0.2, -0.15) is 0 Å². The third kappa shape index (κ3) is 4.58. The van der Waals surface area contributed by atoms with Gasteiger partial charge in [-0.05, 0) is 18.4 Å². The lowest BCUT2D eigenvalue weighted by molar-refractivity contribution is -0.139. The minimum absolute atomic E-state index is 0.181. The molecule has 0 aliphatic heterocycles. The number of amides is 2. The highest BCUT2D eigenvalue weighted by Crippen LogP contribution is 2.08. The molecule has 0 aliphatic rings. The molecule has 0 saturated carbocycles. The van der Waals surface area contributed by atoms with E-state index in [0.717, 1.165) is 0 Å². The third-order valence-corrected chi connectivity index (χ3v) is 2.07. The summed E-state index contributed by atoms with van der Waals surface area (Å²) in [5.41, 5.74) is 0. The second kappa shape index (κ2) is 5.93. The van der Waals surface area contributed by atoms with E-state index in [1.807, 2.05) is 13.8 Å². The number of hydrogen-bond acceptors (Lipinski definition) is 3. The molecule has 0 spiro atoms. The Balaban J connectivity index is 2.49. The summed E-state index contributed by atoms with van der Waals surface area (Å²) in [7, 11) is 0. The Bertz CT molecular complexity index is 373. The number of carboxylic acid groups (broad SMARTS) is 1. The van der Waals surface area contributed by atoms with Crippen molar-refractivity contribution in [2.24, 2.45) is 5.92 Å². The molecule has 3 N–H and O–H groups in total. The van der Waals surface area contributed by atoms with Crippen LogP contribution >= 0.6 is 0 Å². The fourth-order valence-electron chi connectivity index (χ4n) is 1.35. The maximum atomic E-state index is 11.5. The quantitative estimate of drug-likeness (QED) is 0.733. The number of carboxylic acids is 1. The zero-order chi connectivity index (χ0) is 12.8. The topological polar surface area (TPSA) is 91.6 Å². The van der Waals surface area contributed by atoms with Crippen LogP contribution in [0.1, 0.15) is 20.3 Å². The molecule has 6 nitrogen and oxygen atoms in total. The summed E-state index contributed by atoms with van der Waals surface area (Å²) in [5, 5.41) is 13.7. The molecule has 0 saturated heterocycles. The van der Waals surface area contributed by atoms with Gasteiger partial charge < -0.3 is 14.8 Å². The number of carbonyl (C=O) groups is 2. The molecule has 1 heterocycles. The monoisotopic (exact) mass is 240 g/mol. The van der Waals surface area contributed by atoms with Crippen LogP contribution in [0, 0.1) is 5.92 Å². The first kappa shape index (κ1) is 13.1. The maximum absolute atomic E-state index is 11.5. The average Bonchev–Trinajstić information content (AvgIpc) is 2.68. The molecule has 0 fully saturated rings. The van der Waals surface area contributed by atoms with Gasteiger partial charge in [-0.25, -0.2) is 9.59 Å². The van der Waals surface area contributed by atoms with Gasteiger partial charge in [0.15, 0.2) is 0 Å². The van der Waals surface area contributed by atoms with E-state index >= 15 is 0 Å². The Morgan fingerprint density at radius 3 is 2.65 bits per heavy atom. The van der Waals surface area contributed by atoms with Crippen LogP contribution < -0.4 is 10.6 Å². The molecule has 0 radical (unpaired) electrons. The van der Waals surface area contributed by atoms with Gasteiger partial charge in [0, 0.05) is 6.07 Å². The van der Waals surface area contributed by atoms with E-state index in [1.165, 1.54) is 6.26 Å². The minimum atomic E-state index is -1.05. The van der Waals surface area contributed by atoms with Gasteiger partial charge in [-0.3, -0.25) is 5.32 Å². The van der Waals surface area contributed by atoms with Crippen LogP contribution in [0.15, 0.2) is 22.8 Å². The number of hydrogen-bond donors (Lipinski definition) is 3. The molecule has 1 aromatic rings. The lowest BCUT2D eigenvalue weighted by Crippen LogP contribution is -2.43. The highest BCUT2D eigenvalue weighted by atomic mass is 16.4. The molecule has 0 bridgehead atoms. The molecule has 0 aromatic carbocycles. The summed E-state index contributed by atoms with van der Waals surface area (Å²) in [4.78, 5) is 22.4. The number of furan rings is 1. The molecule has 6 heteroatoms. The van der Waals surface area contributed by atoms with Crippen LogP contribution in [0.25, 0.3) is 0 Å². The van der Waals surface area contributed by atoms with Gasteiger partial charge in [0.1, 0.15) is 6.04 Å². The second-order valence-electron chi connectivity index (χ2n) is 4.10. The fraction of sp³-hybridized carbons (Fsp3) is 0.455. The summed E-state index contributed by atoms with van der Waals surface area (Å²) in [6.07, 6.45) is 1.79. The molecule has 1 atom stereocenters. The van der Waals surface area contributed by atoms with E-state index in [4.69, 9.17) is 9.52 Å². The number of urea groups is 1.